The maximum atomic E-state index is 4.54. The predicted octanol–water partition coefficient (Wildman–Crippen LogP) is 3.47. The third kappa shape index (κ3) is 4.90. The van der Waals surface area contributed by atoms with E-state index in [9.17, 15) is 0 Å². The summed E-state index contributed by atoms with van der Waals surface area (Å²) in [5.41, 5.74) is 1.11. The molecule has 1 unspecified atom stereocenters. The summed E-state index contributed by atoms with van der Waals surface area (Å²) in [5.74, 6) is 3.82. The number of nitrogens with zero attached hydrogens (tertiary/aromatic N) is 2. The van der Waals surface area contributed by atoms with Gasteiger partial charge in [0, 0.05) is 23.9 Å². The number of aromatic nitrogens is 2. The molecule has 0 radical (unpaired) electrons. The molecule has 4 nitrogen and oxygen atoms in total. The molecule has 1 aromatic heterocycles. The Morgan fingerprint density at radius 3 is 2.42 bits per heavy atom. The zero-order chi connectivity index (χ0) is 14.3. The molecule has 1 atom stereocenters. The van der Waals surface area contributed by atoms with Crippen LogP contribution < -0.4 is 10.6 Å². The van der Waals surface area contributed by atoms with E-state index in [0.29, 0.717) is 6.04 Å². The zero-order valence-corrected chi connectivity index (χ0v) is 13.5. The highest BCUT2D eigenvalue weighted by atomic mass is 32.2. The SMILES string of the molecule is CCCNc1nc(C)nc(NC(CC)CSC)c1C. The Labute approximate surface area is 121 Å². The van der Waals surface area contributed by atoms with E-state index >= 15 is 0 Å². The maximum absolute atomic E-state index is 4.54. The number of hydrogen-bond donors (Lipinski definition) is 2. The fourth-order valence-electron chi connectivity index (χ4n) is 1.84. The average Bonchev–Trinajstić information content (AvgIpc) is 2.40. The summed E-state index contributed by atoms with van der Waals surface area (Å²) in [6.07, 6.45) is 4.33. The van der Waals surface area contributed by atoms with Gasteiger partial charge in [-0.3, -0.25) is 0 Å². The number of thioether (sulfide) groups is 1. The van der Waals surface area contributed by atoms with Crippen molar-refractivity contribution in [3.8, 4) is 0 Å². The number of aryl methyl sites for hydroxylation is 1. The van der Waals surface area contributed by atoms with E-state index in [0.717, 1.165) is 48.2 Å². The fourth-order valence-corrected chi connectivity index (χ4v) is 2.56. The molecule has 0 aliphatic carbocycles. The van der Waals surface area contributed by atoms with Crippen molar-refractivity contribution in [1.29, 1.82) is 0 Å². The van der Waals surface area contributed by atoms with E-state index in [2.05, 4.69) is 47.6 Å². The van der Waals surface area contributed by atoms with Gasteiger partial charge < -0.3 is 10.6 Å². The van der Waals surface area contributed by atoms with Gasteiger partial charge in [-0.1, -0.05) is 13.8 Å². The quantitative estimate of drug-likeness (QED) is 0.764. The molecule has 1 heterocycles. The number of hydrogen-bond acceptors (Lipinski definition) is 5. The van der Waals surface area contributed by atoms with Crippen molar-refractivity contribution in [1.82, 2.24) is 9.97 Å². The molecule has 0 aliphatic heterocycles. The normalized spacial score (nSPS) is 12.3. The molecule has 1 aromatic rings. The average molecular weight is 282 g/mol. The lowest BCUT2D eigenvalue weighted by atomic mass is 10.2. The molecule has 0 fully saturated rings. The van der Waals surface area contributed by atoms with E-state index in [1.165, 1.54) is 0 Å². The van der Waals surface area contributed by atoms with Gasteiger partial charge in [0.1, 0.15) is 17.5 Å². The third-order valence-electron chi connectivity index (χ3n) is 3.00. The Bertz CT molecular complexity index is 395. The smallest absolute Gasteiger partial charge is 0.135 e. The summed E-state index contributed by atoms with van der Waals surface area (Å²) in [5, 5.41) is 6.91. The number of anilines is 2. The fraction of sp³-hybridized carbons (Fsp3) is 0.714. The van der Waals surface area contributed by atoms with Crippen LogP contribution in [0.5, 0.6) is 0 Å². The van der Waals surface area contributed by atoms with Crippen molar-refractivity contribution in [2.24, 2.45) is 0 Å². The van der Waals surface area contributed by atoms with Crippen LogP contribution in [0, 0.1) is 13.8 Å². The van der Waals surface area contributed by atoms with Crippen LogP contribution in [-0.2, 0) is 0 Å². The topological polar surface area (TPSA) is 49.8 Å². The second kappa shape index (κ2) is 8.25. The maximum Gasteiger partial charge on any atom is 0.135 e. The van der Waals surface area contributed by atoms with Crippen molar-refractivity contribution >= 4 is 23.4 Å². The monoisotopic (exact) mass is 282 g/mol. The summed E-state index contributed by atoms with van der Waals surface area (Å²) in [6.45, 7) is 9.32. The Kier molecular flexibility index (Phi) is 6.99. The molecule has 0 spiro atoms. The van der Waals surface area contributed by atoms with E-state index in [1.807, 2.05) is 18.7 Å². The van der Waals surface area contributed by atoms with Crippen LogP contribution in [0.25, 0.3) is 0 Å². The van der Waals surface area contributed by atoms with Gasteiger partial charge in [-0.05, 0) is 32.9 Å². The van der Waals surface area contributed by atoms with Gasteiger partial charge in [0.25, 0.3) is 0 Å². The summed E-state index contributed by atoms with van der Waals surface area (Å²) >= 11 is 1.86. The lowest BCUT2D eigenvalue weighted by Gasteiger charge is -2.19. The summed E-state index contributed by atoms with van der Waals surface area (Å²) < 4.78 is 0. The highest BCUT2D eigenvalue weighted by Crippen LogP contribution is 2.21. The van der Waals surface area contributed by atoms with Gasteiger partial charge in [0.05, 0.1) is 0 Å². The summed E-state index contributed by atoms with van der Waals surface area (Å²) in [4.78, 5) is 9.02. The molecule has 108 valence electrons. The van der Waals surface area contributed by atoms with Crippen LogP contribution in [0.3, 0.4) is 0 Å². The van der Waals surface area contributed by atoms with Crippen LogP contribution in [0.2, 0.25) is 0 Å². The molecular formula is C14H26N4S. The minimum atomic E-state index is 0.460. The predicted molar refractivity (Wildman–Crippen MR) is 86.4 cm³/mol. The molecule has 0 aliphatic rings. The van der Waals surface area contributed by atoms with Crippen LogP contribution in [0.4, 0.5) is 11.6 Å². The Balaban J connectivity index is 2.90. The minimum absolute atomic E-state index is 0.460. The molecule has 0 saturated carbocycles. The van der Waals surface area contributed by atoms with Crippen molar-refractivity contribution in [3.63, 3.8) is 0 Å². The van der Waals surface area contributed by atoms with E-state index < -0.39 is 0 Å². The van der Waals surface area contributed by atoms with Gasteiger partial charge in [0.15, 0.2) is 0 Å². The lowest BCUT2D eigenvalue weighted by molar-refractivity contribution is 0.765. The summed E-state index contributed by atoms with van der Waals surface area (Å²) in [6, 6.07) is 0.460. The first-order valence-corrected chi connectivity index (χ1v) is 8.36. The first-order chi connectivity index (χ1) is 9.12. The van der Waals surface area contributed by atoms with Crippen LogP contribution >= 0.6 is 11.8 Å². The molecule has 2 N–H and O–H groups in total. The standard InChI is InChI=1S/C14H26N4S/c1-6-8-15-13-10(3)14(17-11(4)16-13)18-12(7-2)9-19-5/h12H,6-9H2,1-5H3,(H2,15,16,17,18). The molecule has 0 aromatic carbocycles. The van der Waals surface area contributed by atoms with Gasteiger partial charge in [-0.15, -0.1) is 0 Å². The van der Waals surface area contributed by atoms with Crippen LogP contribution in [-0.4, -0.2) is 34.6 Å². The van der Waals surface area contributed by atoms with Crippen molar-refractivity contribution in [2.45, 2.75) is 46.6 Å². The van der Waals surface area contributed by atoms with Crippen LogP contribution in [0.15, 0.2) is 0 Å². The lowest BCUT2D eigenvalue weighted by Crippen LogP contribution is -2.23. The Morgan fingerprint density at radius 1 is 1.16 bits per heavy atom. The second-order valence-electron chi connectivity index (χ2n) is 4.72. The van der Waals surface area contributed by atoms with E-state index in [4.69, 9.17) is 0 Å². The minimum Gasteiger partial charge on any atom is -0.370 e. The number of nitrogens with one attached hydrogen (secondary N) is 2. The zero-order valence-electron chi connectivity index (χ0n) is 12.7. The number of rotatable bonds is 8. The van der Waals surface area contributed by atoms with Crippen LogP contribution in [0.1, 0.15) is 38.1 Å². The Hall–Kier alpha value is -0.970. The largest absolute Gasteiger partial charge is 0.370 e. The van der Waals surface area contributed by atoms with E-state index in [1.54, 1.807) is 0 Å². The third-order valence-corrected chi connectivity index (χ3v) is 3.74. The first kappa shape index (κ1) is 16.1. The second-order valence-corrected chi connectivity index (χ2v) is 5.64. The Morgan fingerprint density at radius 2 is 1.84 bits per heavy atom. The van der Waals surface area contributed by atoms with Gasteiger partial charge >= 0.3 is 0 Å². The summed E-state index contributed by atoms with van der Waals surface area (Å²) in [7, 11) is 0. The van der Waals surface area contributed by atoms with E-state index in [-0.39, 0.29) is 0 Å². The van der Waals surface area contributed by atoms with Gasteiger partial charge in [-0.25, -0.2) is 9.97 Å². The molecule has 19 heavy (non-hydrogen) atoms. The molecule has 0 amide bonds. The highest BCUT2D eigenvalue weighted by molar-refractivity contribution is 7.98. The molecular weight excluding hydrogens is 256 g/mol. The van der Waals surface area contributed by atoms with Crippen molar-refractivity contribution < 1.29 is 0 Å². The van der Waals surface area contributed by atoms with Gasteiger partial charge in [-0.2, -0.15) is 11.8 Å². The van der Waals surface area contributed by atoms with Crippen molar-refractivity contribution in [3.05, 3.63) is 11.4 Å². The molecule has 5 heteroatoms. The molecule has 0 bridgehead atoms. The molecule has 1 rings (SSSR count). The highest BCUT2D eigenvalue weighted by Gasteiger charge is 2.12. The first-order valence-electron chi connectivity index (χ1n) is 6.96. The van der Waals surface area contributed by atoms with Gasteiger partial charge in [0.2, 0.25) is 0 Å². The molecule has 0 saturated heterocycles. The van der Waals surface area contributed by atoms with Crippen molar-refractivity contribution in [2.75, 3.05) is 29.2 Å².